The summed E-state index contributed by atoms with van der Waals surface area (Å²) in [4.78, 5) is 28.3. The molecule has 0 bridgehead atoms. The minimum atomic E-state index is -1.04. The molecule has 132 valence electrons. The van der Waals surface area contributed by atoms with Gasteiger partial charge in [-0.2, -0.15) is 4.98 Å². The van der Waals surface area contributed by atoms with Gasteiger partial charge in [0.2, 0.25) is 11.8 Å². The summed E-state index contributed by atoms with van der Waals surface area (Å²) in [5.41, 5.74) is 0.0144. The number of amides is 1. The second kappa shape index (κ2) is 7.04. The molecule has 0 unspecified atom stereocenters. The van der Waals surface area contributed by atoms with Crippen molar-refractivity contribution >= 4 is 11.9 Å². The lowest BCUT2D eigenvalue weighted by molar-refractivity contribution is -0.122. The Kier molecular flexibility index (Phi) is 4.83. The average Bonchev–Trinajstić information content (AvgIpc) is 3.24. The van der Waals surface area contributed by atoms with Gasteiger partial charge in [-0.1, -0.05) is 43.1 Å². The molecule has 0 saturated heterocycles. The second-order valence-electron chi connectivity index (χ2n) is 6.34. The molecular weight excluding hydrogens is 322 g/mol. The highest BCUT2D eigenvalue weighted by Gasteiger charge is 2.41. The molecular formula is C18H21N3O4. The van der Waals surface area contributed by atoms with Gasteiger partial charge in [-0.15, -0.1) is 0 Å². The van der Waals surface area contributed by atoms with E-state index in [-0.39, 0.29) is 17.9 Å². The van der Waals surface area contributed by atoms with Gasteiger partial charge in [-0.05, 0) is 24.5 Å². The van der Waals surface area contributed by atoms with Crippen LogP contribution in [0.5, 0.6) is 0 Å². The Morgan fingerprint density at radius 3 is 2.64 bits per heavy atom. The number of nitrogens with one attached hydrogen (secondary N) is 1. The molecule has 0 radical (unpaired) electrons. The third kappa shape index (κ3) is 3.55. The van der Waals surface area contributed by atoms with Gasteiger partial charge in [0.1, 0.15) is 5.54 Å². The SMILES string of the molecule is CCc1nc(C2(NC(=O)Cc3ccccc3C(=O)O)CCCC2)no1. The number of hydrogen-bond acceptors (Lipinski definition) is 5. The molecule has 2 aromatic rings. The lowest BCUT2D eigenvalue weighted by Gasteiger charge is -2.27. The Hall–Kier alpha value is -2.70. The smallest absolute Gasteiger partial charge is 0.335 e. The van der Waals surface area contributed by atoms with Gasteiger partial charge in [-0.3, -0.25) is 4.79 Å². The Morgan fingerprint density at radius 1 is 1.28 bits per heavy atom. The van der Waals surface area contributed by atoms with Crippen molar-refractivity contribution in [3.8, 4) is 0 Å². The number of nitrogens with zero attached hydrogens (tertiary/aromatic N) is 2. The van der Waals surface area contributed by atoms with Gasteiger partial charge in [0.25, 0.3) is 0 Å². The number of carboxylic acids is 1. The predicted molar refractivity (Wildman–Crippen MR) is 89.1 cm³/mol. The Morgan fingerprint density at radius 2 is 2.00 bits per heavy atom. The highest BCUT2D eigenvalue weighted by molar-refractivity contribution is 5.91. The van der Waals surface area contributed by atoms with Crippen molar-refractivity contribution < 1.29 is 19.2 Å². The van der Waals surface area contributed by atoms with E-state index < -0.39 is 11.5 Å². The molecule has 25 heavy (non-hydrogen) atoms. The summed E-state index contributed by atoms with van der Waals surface area (Å²) in [7, 11) is 0. The van der Waals surface area contributed by atoms with E-state index in [2.05, 4.69) is 15.5 Å². The van der Waals surface area contributed by atoms with Crippen molar-refractivity contribution in [2.45, 2.75) is 51.0 Å². The molecule has 7 heteroatoms. The molecule has 1 aromatic heterocycles. The van der Waals surface area contributed by atoms with Crippen LogP contribution in [0.3, 0.4) is 0 Å². The fourth-order valence-corrected chi connectivity index (χ4v) is 3.34. The summed E-state index contributed by atoms with van der Waals surface area (Å²) >= 11 is 0. The summed E-state index contributed by atoms with van der Waals surface area (Å²) < 4.78 is 5.21. The van der Waals surface area contributed by atoms with Crippen molar-refractivity contribution in [2.24, 2.45) is 0 Å². The van der Waals surface area contributed by atoms with Crippen molar-refractivity contribution in [2.75, 3.05) is 0 Å². The van der Waals surface area contributed by atoms with Gasteiger partial charge in [0.05, 0.1) is 12.0 Å². The average molecular weight is 343 g/mol. The van der Waals surface area contributed by atoms with Crippen LogP contribution in [0.15, 0.2) is 28.8 Å². The zero-order chi connectivity index (χ0) is 17.9. The van der Waals surface area contributed by atoms with E-state index in [1.165, 1.54) is 6.07 Å². The number of hydrogen-bond donors (Lipinski definition) is 2. The van der Waals surface area contributed by atoms with E-state index in [9.17, 15) is 14.7 Å². The van der Waals surface area contributed by atoms with Crippen LogP contribution in [0.1, 0.15) is 60.2 Å². The summed E-state index contributed by atoms with van der Waals surface area (Å²) in [5, 5.41) is 16.4. The van der Waals surface area contributed by atoms with E-state index in [1.54, 1.807) is 18.2 Å². The maximum absolute atomic E-state index is 12.6. The maximum Gasteiger partial charge on any atom is 0.335 e. The molecule has 1 aliphatic carbocycles. The van der Waals surface area contributed by atoms with E-state index in [1.807, 2.05) is 6.92 Å². The lowest BCUT2D eigenvalue weighted by atomic mass is 9.95. The number of aromatic nitrogens is 2. The molecule has 1 aliphatic rings. The highest BCUT2D eigenvalue weighted by atomic mass is 16.5. The maximum atomic E-state index is 12.6. The Labute approximate surface area is 145 Å². The first-order valence-corrected chi connectivity index (χ1v) is 8.49. The normalized spacial score (nSPS) is 15.9. The van der Waals surface area contributed by atoms with Crippen LogP contribution in [0, 0.1) is 0 Å². The van der Waals surface area contributed by atoms with Crippen LogP contribution in [-0.4, -0.2) is 27.1 Å². The predicted octanol–water partition coefficient (Wildman–Crippen LogP) is 2.46. The highest BCUT2D eigenvalue weighted by Crippen LogP contribution is 2.37. The quantitative estimate of drug-likeness (QED) is 0.834. The molecule has 0 atom stereocenters. The number of carbonyl (C=O) groups is 2. The van der Waals surface area contributed by atoms with Gasteiger partial charge < -0.3 is 14.9 Å². The number of aryl methyl sites for hydroxylation is 1. The van der Waals surface area contributed by atoms with Gasteiger partial charge >= 0.3 is 5.97 Å². The van der Waals surface area contributed by atoms with Crippen molar-refractivity contribution in [1.29, 1.82) is 0 Å². The van der Waals surface area contributed by atoms with Gasteiger partial charge in [-0.25, -0.2) is 4.79 Å². The summed E-state index contributed by atoms with van der Waals surface area (Å²) in [6.45, 7) is 1.93. The minimum Gasteiger partial charge on any atom is -0.478 e. The number of aromatic carboxylic acids is 1. The molecule has 1 heterocycles. The summed E-state index contributed by atoms with van der Waals surface area (Å²) in [6.07, 6.45) is 4.10. The molecule has 3 rings (SSSR count). The molecule has 2 N–H and O–H groups in total. The molecule has 1 fully saturated rings. The van der Waals surface area contributed by atoms with Crippen LogP contribution < -0.4 is 5.32 Å². The van der Waals surface area contributed by atoms with Crippen molar-refractivity contribution in [1.82, 2.24) is 15.5 Å². The zero-order valence-electron chi connectivity index (χ0n) is 14.1. The first-order chi connectivity index (χ1) is 12.0. The first kappa shape index (κ1) is 17.1. The third-order valence-electron chi connectivity index (χ3n) is 4.63. The number of benzene rings is 1. The zero-order valence-corrected chi connectivity index (χ0v) is 14.1. The number of rotatable bonds is 6. The molecule has 0 spiro atoms. The number of carbonyl (C=O) groups excluding carboxylic acids is 1. The van der Waals surface area contributed by atoms with Crippen LogP contribution in [-0.2, 0) is 23.2 Å². The van der Waals surface area contributed by atoms with Gasteiger partial charge in [0.15, 0.2) is 5.82 Å². The third-order valence-corrected chi connectivity index (χ3v) is 4.63. The van der Waals surface area contributed by atoms with Crippen LogP contribution in [0.25, 0.3) is 0 Å². The van der Waals surface area contributed by atoms with E-state index in [0.717, 1.165) is 25.7 Å². The number of carboxylic acid groups (broad SMARTS) is 1. The topological polar surface area (TPSA) is 105 Å². The Bertz CT molecular complexity index is 778. The fourth-order valence-electron chi connectivity index (χ4n) is 3.34. The van der Waals surface area contributed by atoms with Crippen LogP contribution >= 0.6 is 0 Å². The molecule has 0 aliphatic heterocycles. The van der Waals surface area contributed by atoms with Crippen LogP contribution in [0.2, 0.25) is 0 Å². The van der Waals surface area contributed by atoms with Crippen molar-refractivity contribution in [3.63, 3.8) is 0 Å². The molecule has 1 aromatic carbocycles. The minimum absolute atomic E-state index is 0.00269. The van der Waals surface area contributed by atoms with Gasteiger partial charge in [0, 0.05) is 6.42 Å². The molecule has 1 saturated carbocycles. The molecule has 7 nitrogen and oxygen atoms in total. The van der Waals surface area contributed by atoms with E-state index >= 15 is 0 Å². The monoisotopic (exact) mass is 343 g/mol. The fraction of sp³-hybridized carbons (Fsp3) is 0.444. The van der Waals surface area contributed by atoms with E-state index in [4.69, 9.17) is 4.52 Å². The van der Waals surface area contributed by atoms with Crippen molar-refractivity contribution in [3.05, 3.63) is 47.1 Å². The summed E-state index contributed by atoms with van der Waals surface area (Å²) in [5.74, 6) is -0.211. The largest absolute Gasteiger partial charge is 0.478 e. The standard InChI is InChI=1S/C18H21N3O4/c1-2-15-19-17(21-25-15)18(9-5-6-10-18)20-14(22)11-12-7-3-4-8-13(12)16(23)24/h3-4,7-8H,2,5-6,9-11H2,1H3,(H,20,22)(H,23,24). The first-order valence-electron chi connectivity index (χ1n) is 8.49. The van der Waals surface area contributed by atoms with E-state index in [0.29, 0.717) is 23.7 Å². The Balaban J connectivity index is 1.79. The second-order valence-corrected chi connectivity index (χ2v) is 6.34. The summed E-state index contributed by atoms with van der Waals surface area (Å²) in [6, 6.07) is 6.54. The molecule has 1 amide bonds. The van der Waals surface area contributed by atoms with Crippen LogP contribution in [0.4, 0.5) is 0 Å². The lowest BCUT2D eigenvalue weighted by Crippen LogP contribution is -2.45.